The van der Waals surface area contributed by atoms with Crippen molar-refractivity contribution in [1.29, 1.82) is 0 Å². The number of hydrogen-bond acceptors (Lipinski definition) is 8. The number of aromatic nitrogens is 7. The highest BCUT2D eigenvalue weighted by Crippen LogP contribution is 2.29. The molecule has 5 aromatic rings. The maximum absolute atomic E-state index is 13.4. The molecule has 11 nitrogen and oxygen atoms in total. The molecule has 0 aliphatic carbocycles. The SMILES string of the molecule is CC(NC(=O)c1cc(C(=O)NCc2ccc(F)c(Cl)c2)nc2ccnn12)c1ccc(-c2nnn[nH]2)s1. The maximum Gasteiger partial charge on any atom is 0.270 e. The summed E-state index contributed by atoms with van der Waals surface area (Å²) in [6, 6.07) is 10.5. The number of thiophene rings is 1. The monoisotopic (exact) mass is 525 g/mol. The Morgan fingerprint density at radius 2 is 2.06 bits per heavy atom. The van der Waals surface area contributed by atoms with E-state index in [2.05, 4.69) is 41.3 Å². The Labute approximate surface area is 211 Å². The summed E-state index contributed by atoms with van der Waals surface area (Å²) in [5.41, 5.74) is 1.12. The molecule has 0 fully saturated rings. The van der Waals surface area contributed by atoms with Crippen LogP contribution in [0.15, 0.2) is 48.7 Å². The van der Waals surface area contributed by atoms with Gasteiger partial charge in [0, 0.05) is 23.6 Å². The number of fused-ring (bicyclic) bond motifs is 1. The fraction of sp³-hybridized carbons (Fsp3) is 0.136. The molecular formula is C22H17ClFN9O2S. The van der Waals surface area contributed by atoms with E-state index in [0.29, 0.717) is 17.0 Å². The number of benzene rings is 1. The van der Waals surface area contributed by atoms with E-state index in [0.717, 1.165) is 9.75 Å². The summed E-state index contributed by atoms with van der Waals surface area (Å²) in [4.78, 5) is 32.0. The van der Waals surface area contributed by atoms with Crippen molar-refractivity contribution in [1.82, 2.24) is 45.9 Å². The first kappa shape index (κ1) is 23.5. The number of hydrogen-bond donors (Lipinski definition) is 3. The highest BCUT2D eigenvalue weighted by atomic mass is 35.5. The lowest BCUT2D eigenvalue weighted by molar-refractivity contribution is 0.0932. The Kier molecular flexibility index (Phi) is 6.40. The van der Waals surface area contributed by atoms with Crippen LogP contribution in [0.2, 0.25) is 5.02 Å². The molecule has 0 saturated heterocycles. The topological polar surface area (TPSA) is 143 Å². The van der Waals surface area contributed by atoms with Gasteiger partial charge in [-0.3, -0.25) is 9.59 Å². The van der Waals surface area contributed by atoms with Crippen LogP contribution in [0.1, 0.15) is 44.4 Å². The molecule has 0 spiro atoms. The zero-order valence-corrected chi connectivity index (χ0v) is 20.1. The number of nitrogens with one attached hydrogen (secondary N) is 3. The van der Waals surface area contributed by atoms with E-state index in [9.17, 15) is 14.0 Å². The molecular weight excluding hydrogens is 509 g/mol. The first-order valence-corrected chi connectivity index (χ1v) is 11.8. The first-order chi connectivity index (χ1) is 17.4. The summed E-state index contributed by atoms with van der Waals surface area (Å²) in [5, 5.41) is 23.5. The van der Waals surface area contributed by atoms with Gasteiger partial charge in [-0.1, -0.05) is 17.7 Å². The number of halogens is 2. The van der Waals surface area contributed by atoms with E-state index in [1.54, 1.807) is 6.07 Å². The van der Waals surface area contributed by atoms with Gasteiger partial charge in [-0.05, 0) is 47.2 Å². The quantitative estimate of drug-likeness (QED) is 0.296. The Morgan fingerprint density at radius 3 is 2.83 bits per heavy atom. The summed E-state index contributed by atoms with van der Waals surface area (Å²) >= 11 is 7.24. The van der Waals surface area contributed by atoms with Crippen molar-refractivity contribution < 1.29 is 14.0 Å². The van der Waals surface area contributed by atoms with Crippen molar-refractivity contribution in [2.45, 2.75) is 19.5 Å². The zero-order chi connectivity index (χ0) is 25.2. The lowest BCUT2D eigenvalue weighted by Crippen LogP contribution is -2.30. The number of amides is 2. The minimum Gasteiger partial charge on any atom is -0.347 e. The van der Waals surface area contributed by atoms with E-state index >= 15 is 0 Å². The molecule has 0 bridgehead atoms. The molecule has 1 unspecified atom stereocenters. The predicted molar refractivity (Wildman–Crippen MR) is 129 cm³/mol. The second kappa shape index (κ2) is 9.79. The summed E-state index contributed by atoms with van der Waals surface area (Å²) in [6.45, 7) is 1.94. The largest absolute Gasteiger partial charge is 0.347 e. The van der Waals surface area contributed by atoms with Crippen LogP contribution in [0.25, 0.3) is 16.3 Å². The smallest absolute Gasteiger partial charge is 0.270 e. The highest BCUT2D eigenvalue weighted by molar-refractivity contribution is 7.15. The van der Waals surface area contributed by atoms with Crippen LogP contribution in [0.3, 0.4) is 0 Å². The fourth-order valence-electron chi connectivity index (χ4n) is 3.43. The average molecular weight is 526 g/mol. The van der Waals surface area contributed by atoms with Crippen molar-refractivity contribution in [2.24, 2.45) is 0 Å². The zero-order valence-electron chi connectivity index (χ0n) is 18.6. The minimum absolute atomic E-state index is 0.0326. The molecule has 0 aliphatic heterocycles. The van der Waals surface area contributed by atoms with Crippen molar-refractivity contribution in [3.8, 4) is 10.7 Å². The van der Waals surface area contributed by atoms with Crippen LogP contribution in [0.4, 0.5) is 4.39 Å². The van der Waals surface area contributed by atoms with Crippen LogP contribution < -0.4 is 10.6 Å². The van der Waals surface area contributed by atoms with E-state index in [1.165, 1.54) is 46.3 Å². The molecule has 4 heterocycles. The lowest BCUT2D eigenvalue weighted by atomic mass is 10.2. The standard InChI is InChI=1S/C22H17ClFN9O2S/c1-11(17-4-5-18(36-17)20-29-31-32-30-20)27-22(35)16-9-15(28-19-6-7-26-33(16)19)21(34)25-10-12-2-3-14(24)13(23)8-12/h2-9,11H,10H2,1H3,(H,25,34)(H,27,35)(H,29,30,31,32). The van der Waals surface area contributed by atoms with Gasteiger partial charge in [0.05, 0.1) is 22.1 Å². The number of tetrazole rings is 1. The summed E-state index contributed by atoms with van der Waals surface area (Å²) < 4.78 is 14.7. The van der Waals surface area contributed by atoms with Crippen LogP contribution in [-0.4, -0.2) is 47.0 Å². The number of carbonyl (C=O) groups excluding carboxylic acids is 2. The van der Waals surface area contributed by atoms with Gasteiger partial charge in [-0.2, -0.15) is 5.10 Å². The molecule has 36 heavy (non-hydrogen) atoms. The molecule has 2 amide bonds. The van der Waals surface area contributed by atoms with Crippen molar-refractivity contribution >= 4 is 40.4 Å². The minimum atomic E-state index is -0.543. The van der Waals surface area contributed by atoms with Gasteiger partial charge in [0.15, 0.2) is 11.5 Å². The molecule has 0 saturated carbocycles. The van der Waals surface area contributed by atoms with Gasteiger partial charge in [-0.25, -0.2) is 19.0 Å². The van der Waals surface area contributed by atoms with Crippen molar-refractivity contribution in [2.75, 3.05) is 0 Å². The van der Waals surface area contributed by atoms with E-state index in [4.69, 9.17) is 11.6 Å². The van der Waals surface area contributed by atoms with Gasteiger partial charge >= 0.3 is 0 Å². The summed E-state index contributed by atoms with van der Waals surface area (Å²) in [6.07, 6.45) is 1.49. The van der Waals surface area contributed by atoms with Gasteiger partial charge in [0.25, 0.3) is 11.8 Å². The number of rotatable bonds is 7. The van der Waals surface area contributed by atoms with Crippen LogP contribution in [-0.2, 0) is 6.54 Å². The van der Waals surface area contributed by atoms with Gasteiger partial charge in [-0.15, -0.1) is 16.4 Å². The third kappa shape index (κ3) is 4.78. The first-order valence-electron chi connectivity index (χ1n) is 10.6. The lowest BCUT2D eigenvalue weighted by Gasteiger charge is -2.14. The maximum atomic E-state index is 13.4. The van der Waals surface area contributed by atoms with Gasteiger partial charge < -0.3 is 10.6 Å². The number of H-pyrrole nitrogens is 1. The van der Waals surface area contributed by atoms with E-state index in [1.807, 2.05) is 19.1 Å². The third-order valence-corrected chi connectivity index (χ3v) is 6.81. The average Bonchev–Trinajstić information content (AvgIpc) is 3.65. The Bertz CT molecular complexity index is 1570. The molecule has 0 aliphatic rings. The number of aromatic amines is 1. The second-order valence-corrected chi connectivity index (χ2v) is 9.23. The van der Waals surface area contributed by atoms with Gasteiger partial charge in [0.2, 0.25) is 0 Å². The third-order valence-electron chi connectivity index (χ3n) is 5.24. The van der Waals surface area contributed by atoms with E-state index in [-0.39, 0.29) is 29.0 Å². The summed E-state index contributed by atoms with van der Waals surface area (Å²) in [5.74, 6) is -0.951. The molecule has 4 aromatic heterocycles. The number of nitrogens with zero attached hydrogens (tertiary/aromatic N) is 6. The van der Waals surface area contributed by atoms with Crippen LogP contribution >= 0.6 is 22.9 Å². The molecule has 3 N–H and O–H groups in total. The van der Waals surface area contributed by atoms with Gasteiger partial charge in [0.1, 0.15) is 17.2 Å². The molecule has 0 radical (unpaired) electrons. The normalized spacial score (nSPS) is 12.0. The van der Waals surface area contributed by atoms with E-state index < -0.39 is 17.6 Å². The molecule has 1 aromatic carbocycles. The predicted octanol–water partition coefficient (Wildman–Crippen LogP) is 3.18. The fourth-order valence-corrected chi connectivity index (χ4v) is 4.58. The van der Waals surface area contributed by atoms with Crippen LogP contribution in [0, 0.1) is 5.82 Å². The molecule has 182 valence electrons. The van der Waals surface area contributed by atoms with Crippen molar-refractivity contribution in [3.63, 3.8) is 0 Å². The molecule has 1 atom stereocenters. The number of carbonyl (C=O) groups is 2. The molecule has 5 rings (SSSR count). The summed E-state index contributed by atoms with van der Waals surface area (Å²) in [7, 11) is 0. The Hall–Kier alpha value is -4.23. The Balaban J connectivity index is 1.33. The van der Waals surface area contributed by atoms with Crippen LogP contribution in [0.5, 0.6) is 0 Å². The Morgan fingerprint density at radius 1 is 1.19 bits per heavy atom. The van der Waals surface area contributed by atoms with Crippen molar-refractivity contribution in [3.05, 3.63) is 81.3 Å². The highest BCUT2D eigenvalue weighted by Gasteiger charge is 2.20. The second-order valence-electron chi connectivity index (χ2n) is 7.71. The molecule has 14 heteroatoms.